The molecule has 0 fully saturated rings. The molecule has 6 nitrogen and oxygen atoms in total. The van der Waals surface area contributed by atoms with E-state index < -0.39 is 0 Å². The Morgan fingerprint density at radius 1 is 1.36 bits per heavy atom. The van der Waals surface area contributed by atoms with E-state index in [9.17, 15) is 4.79 Å². The molecule has 3 rings (SSSR count). The topological polar surface area (TPSA) is 83.6 Å². The third-order valence-corrected chi connectivity index (χ3v) is 5.15. The summed E-state index contributed by atoms with van der Waals surface area (Å²) in [6, 6.07) is 1.74. The average Bonchev–Trinajstić information content (AvgIpc) is 3.00. The highest BCUT2D eigenvalue weighted by molar-refractivity contribution is 5.92. The second-order valence-corrected chi connectivity index (χ2v) is 10.3. The zero-order valence-corrected chi connectivity index (χ0v) is 18.2. The molecule has 1 aliphatic carbocycles. The third-order valence-electron chi connectivity index (χ3n) is 5.15. The highest BCUT2D eigenvalue weighted by atomic mass is 16.2. The number of hydrogen-bond donors (Lipinski definition) is 2. The third kappa shape index (κ3) is 4.59. The minimum absolute atomic E-state index is 0.0584. The average molecular weight is 384 g/mol. The summed E-state index contributed by atoms with van der Waals surface area (Å²) < 4.78 is 0. The molecule has 6 heteroatoms. The quantitative estimate of drug-likeness (QED) is 0.831. The van der Waals surface area contributed by atoms with Crippen LogP contribution in [0.15, 0.2) is 12.3 Å². The normalized spacial score (nSPS) is 18.8. The fourth-order valence-electron chi connectivity index (χ4n) is 3.79. The van der Waals surface area contributed by atoms with Crippen LogP contribution in [0.3, 0.4) is 0 Å². The van der Waals surface area contributed by atoms with E-state index in [0.29, 0.717) is 11.6 Å². The number of carbonyl (C=O) groups is 1. The van der Waals surface area contributed by atoms with Crippen molar-refractivity contribution in [3.63, 3.8) is 0 Å². The van der Waals surface area contributed by atoms with Crippen molar-refractivity contribution < 1.29 is 4.79 Å². The maximum absolute atomic E-state index is 12.8. The number of nitrogens with zero attached hydrogens (tertiary/aromatic N) is 3. The fourth-order valence-corrected chi connectivity index (χ4v) is 3.79. The number of aromatic nitrogens is 4. The number of nitrogens with one attached hydrogen (secondary N) is 2. The van der Waals surface area contributed by atoms with Crippen molar-refractivity contribution in [3.05, 3.63) is 40.7 Å². The molecule has 0 saturated carbocycles. The lowest BCUT2D eigenvalue weighted by molar-refractivity contribution is 0.0913. The molecule has 2 aromatic rings. The summed E-state index contributed by atoms with van der Waals surface area (Å²) in [5, 5.41) is 10.4. The summed E-state index contributed by atoms with van der Waals surface area (Å²) in [7, 11) is 0. The maximum atomic E-state index is 12.8. The maximum Gasteiger partial charge on any atom is 0.272 e. The van der Waals surface area contributed by atoms with Gasteiger partial charge in [-0.3, -0.25) is 9.89 Å². The molecule has 0 saturated heterocycles. The Kier molecular flexibility index (Phi) is 5.34. The summed E-state index contributed by atoms with van der Waals surface area (Å²) in [4.78, 5) is 22.3. The van der Waals surface area contributed by atoms with E-state index in [2.05, 4.69) is 69.0 Å². The molecule has 152 valence electrons. The Morgan fingerprint density at radius 2 is 2.07 bits per heavy atom. The van der Waals surface area contributed by atoms with Crippen LogP contribution in [-0.4, -0.2) is 26.1 Å². The highest BCUT2D eigenvalue weighted by Gasteiger charge is 2.35. The molecule has 1 atom stereocenters. The largest absolute Gasteiger partial charge is 0.344 e. The number of H-pyrrole nitrogens is 1. The molecule has 2 N–H and O–H groups in total. The molecule has 28 heavy (non-hydrogen) atoms. The lowest BCUT2D eigenvalue weighted by Gasteiger charge is -2.37. The lowest BCUT2D eigenvalue weighted by Crippen LogP contribution is -2.37. The summed E-state index contributed by atoms with van der Waals surface area (Å²) in [5.41, 5.74) is 3.46. The van der Waals surface area contributed by atoms with Gasteiger partial charge in [-0.25, -0.2) is 9.97 Å². The van der Waals surface area contributed by atoms with E-state index in [1.807, 2.05) is 12.3 Å². The van der Waals surface area contributed by atoms with Crippen LogP contribution >= 0.6 is 0 Å². The first-order chi connectivity index (χ1) is 12.9. The number of rotatable bonds is 4. The van der Waals surface area contributed by atoms with E-state index in [1.54, 1.807) is 0 Å². The van der Waals surface area contributed by atoms with Gasteiger partial charge in [0.1, 0.15) is 11.5 Å². The van der Waals surface area contributed by atoms with Crippen LogP contribution in [-0.2, 0) is 18.3 Å². The molecule has 0 aliphatic heterocycles. The molecular weight excluding hydrogens is 350 g/mol. The predicted octanol–water partition coefficient (Wildman–Crippen LogP) is 4.14. The molecular formula is C22H33N5O. The van der Waals surface area contributed by atoms with Crippen LogP contribution < -0.4 is 5.32 Å². The molecule has 1 amide bonds. The van der Waals surface area contributed by atoms with Crippen molar-refractivity contribution >= 4 is 5.91 Å². The summed E-state index contributed by atoms with van der Waals surface area (Å²) >= 11 is 0. The van der Waals surface area contributed by atoms with Gasteiger partial charge in [-0.05, 0) is 36.7 Å². The minimum Gasteiger partial charge on any atom is -0.344 e. The van der Waals surface area contributed by atoms with Gasteiger partial charge >= 0.3 is 0 Å². The first-order valence-corrected chi connectivity index (χ1v) is 10.2. The van der Waals surface area contributed by atoms with Crippen LogP contribution in [0.2, 0.25) is 0 Å². The van der Waals surface area contributed by atoms with Crippen LogP contribution in [0.1, 0.15) is 94.2 Å². The van der Waals surface area contributed by atoms with E-state index >= 15 is 0 Å². The Morgan fingerprint density at radius 3 is 2.71 bits per heavy atom. The SMILES string of the molecule is CC(C)Cc1cc(C(=O)N[C@@H]2CC(C)(C)Cc3nc(C(C)(C)C)ncc32)n[nH]1. The van der Waals surface area contributed by atoms with Gasteiger partial charge in [-0.15, -0.1) is 0 Å². The highest BCUT2D eigenvalue weighted by Crippen LogP contribution is 2.40. The van der Waals surface area contributed by atoms with Crippen molar-refractivity contribution in [2.45, 2.75) is 79.2 Å². The zero-order valence-electron chi connectivity index (χ0n) is 18.2. The smallest absolute Gasteiger partial charge is 0.272 e. The first kappa shape index (κ1) is 20.5. The molecule has 0 radical (unpaired) electrons. The summed E-state index contributed by atoms with van der Waals surface area (Å²) in [6.07, 6.45) is 4.52. The molecule has 1 aliphatic rings. The second-order valence-electron chi connectivity index (χ2n) is 10.3. The van der Waals surface area contributed by atoms with E-state index in [0.717, 1.165) is 42.0 Å². The Hall–Kier alpha value is -2.24. The van der Waals surface area contributed by atoms with Crippen molar-refractivity contribution in [1.29, 1.82) is 0 Å². The molecule has 0 bridgehead atoms. The van der Waals surface area contributed by atoms with Gasteiger partial charge in [0.2, 0.25) is 0 Å². The van der Waals surface area contributed by atoms with Crippen molar-refractivity contribution in [2.75, 3.05) is 0 Å². The van der Waals surface area contributed by atoms with Gasteiger partial charge in [-0.2, -0.15) is 5.10 Å². The van der Waals surface area contributed by atoms with Gasteiger partial charge < -0.3 is 5.32 Å². The summed E-state index contributed by atoms with van der Waals surface area (Å²) in [5.74, 6) is 1.20. The summed E-state index contributed by atoms with van der Waals surface area (Å²) in [6.45, 7) is 15.1. The number of aromatic amines is 1. The number of fused-ring (bicyclic) bond motifs is 1. The van der Waals surface area contributed by atoms with E-state index in [4.69, 9.17) is 4.98 Å². The molecule has 2 heterocycles. The van der Waals surface area contributed by atoms with Crippen LogP contribution in [0.4, 0.5) is 0 Å². The standard InChI is InChI=1S/C22H33N5O/c1-13(2)8-14-9-16(27-26-14)19(28)24-17-10-22(6,7)11-18-15(17)12-23-20(25-18)21(3,4)5/h9,12-13,17H,8,10-11H2,1-7H3,(H,24,28)(H,26,27)/t17-/m1/s1. The van der Waals surface area contributed by atoms with Gasteiger partial charge in [0.15, 0.2) is 0 Å². The first-order valence-electron chi connectivity index (χ1n) is 10.2. The van der Waals surface area contributed by atoms with E-state index in [-0.39, 0.29) is 22.8 Å². The minimum atomic E-state index is -0.153. The van der Waals surface area contributed by atoms with Gasteiger partial charge in [0.25, 0.3) is 5.91 Å². The van der Waals surface area contributed by atoms with Gasteiger partial charge in [0, 0.05) is 28.6 Å². The number of amides is 1. The zero-order chi connectivity index (χ0) is 20.7. The van der Waals surface area contributed by atoms with Gasteiger partial charge in [0.05, 0.1) is 6.04 Å². The van der Waals surface area contributed by atoms with E-state index in [1.165, 1.54) is 0 Å². The Balaban J connectivity index is 1.84. The van der Waals surface area contributed by atoms with Crippen molar-refractivity contribution in [2.24, 2.45) is 11.3 Å². The number of carbonyl (C=O) groups excluding carboxylic acids is 1. The lowest BCUT2D eigenvalue weighted by atomic mass is 9.74. The monoisotopic (exact) mass is 383 g/mol. The molecule has 0 aromatic carbocycles. The van der Waals surface area contributed by atoms with Gasteiger partial charge in [-0.1, -0.05) is 48.5 Å². The second kappa shape index (κ2) is 7.30. The van der Waals surface area contributed by atoms with Crippen LogP contribution in [0, 0.1) is 11.3 Å². The molecule has 0 spiro atoms. The van der Waals surface area contributed by atoms with Crippen LogP contribution in [0.25, 0.3) is 0 Å². The molecule has 0 unspecified atom stereocenters. The predicted molar refractivity (Wildman–Crippen MR) is 110 cm³/mol. The van der Waals surface area contributed by atoms with Crippen LogP contribution in [0.5, 0.6) is 0 Å². The van der Waals surface area contributed by atoms with Crippen molar-refractivity contribution in [3.8, 4) is 0 Å². The molecule has 2 aromatic heterocycles. The fraction of sp³-hybridized carbons (Fsp3) is 0.636. The Bertz CT molecular complexity index is 860. The number of hydrogen-bond acceptors (Lipinski definition) is 4. The Labute approximate surface area is 168 Å². The van der Waals surface area contributed by atoms with Crippen molar-refractivity contribution in [1.82, 2.24) is 25.5 Å².